The van der Waals surface area contributed by atoms with Crippen LogP contribution in [0.3, 0.4) is 0 Å². The third-order valence-electron chi connectivity index (χ3n) is 3.31. The van der Waals surface area contributed by atoms with Crippen molar-refractivity contribution in [1.29, 1.82) is 0 Å². The standard InChI is InChI=1S/C14H28N2O3/c1-4-5-6-7-8-9-10-15-14(19)16-12(3)11(2)13(17)18/h11-12H,4-10H2,1-3H3,(H,17,18)(H2,15,16,19). The van der Waals surface area contributed by atoms with E-state index in [1.807, 2.05) is 0 Å². The number of urea groups is 1. The number of rotatable bonds is 10. The van der Waals surface area contributed by atoms with Gasteiger partial charge < -0.3 is 15.7 Å². The molecule has 0 aromatic carbocycles. The maximum atomic E-state index is 11.5. The topological polar surface area (TPSA) is 78.4 Å². The van der Waals surface area contributed by atoms with Crippen LogP contribution in [-0.4, -0.2) is 29.7 Å². The number of aliphatic carboxylic acids is 1. The summed E-state index contributed by atoms with van der Waals surface area (Å²) in [5.74, 6) is -1.48. The Morgan fingerprint density at radius 3 is 2.21 bits per heavy atom. The van der Waals surface area contributed by atoms with Gasteiger partial charge in [0.15, 0.2) is 0 Å². The Balaban J connectivity index is 3.56. The summed E-state index contributed by atoms with van der Waals surface area (Å²) in [4.78, 5) is 22.2. The Kier molecular flexibility index (Phi) is 9.94. The van der Waals surface area contributed by atoms with Gasteiger partial charge in [0.25, 0.3) is 0 Å². The van der Waals surface area contributed by atoms with E-state index in [0.717, 1.165) is 12.8 Å². The average Bonchev–Trinajstić information content (AvgIpc) is 2.36. The monoisotopic (exact) mass is 272 g/mol. The molecule has 2 unspecified atom stereocenters. The lowest BCUT2D eigenvalue weighted by Crippen LogP contribution is -2.45. The lowest BCUT2D eigenvalue weighted by molar-refractivity contribution is -0.141. The fourth-order valence-electron chi connectivity index (χ4n) is 1.70. The van der Waals surface area contributed by atoms with Gasteiger partial charge in [-0.25, -0.2) is 4.79 Å². The third-order valence-corrected chi connectivity index (χ3v) is 3.31. The smallest absolute Gasteiger partial charge is 0.315 e. The van der Waals surface area contributed by atoms with Crippen molar-refractivity contribution in [3.63, 3.8) is 0 Å². The molecule has 0 saturated heterocycles. The molecule has 5 nitrogen and oxygen atoms in total. The second kappa shape index (κ2) is 10.6. The van der Waals surface area contributed by atoms with E-state index in [2.05, 4.69) is 17.6 Å². The molecule has 3 N–H and O–H groups in total. The lowest BCUT2D eigenvalue weighted by Gasteiger charge is -2.18. The number of hydrogen-bond acceptors (Lipinski definition) is 2. The number of carboxylic acid groups (broad SMARTS) is 1. The van der Waals surface area contributed by atoms with Crippen LogP contribution in [0, 0.1) is 5.92 Å². The van der Waals surface area contributed by atoms with Gasteiger partial charge in [-0.1, -0.05) is 39.0 Å². The SMILES string of the molecule is CCCCCCCCNC(=O)NC(C)C(C)C(=O)O. The van der Waals surface area contributed by atoms with Gasteiger partial charge in [-0.3, -0.25) is 4.79 Å². The van der Waals surface area contributed by atoms with Crippen LogP contribution in [0.25, 0.3) is 0 Å². The molecule has 0 rings (SSSR count). The zero-order valence-corrected chi connectivity index (χ0v) is 12.4. The zero-order chi connectivity index (χ0) is 14.7. The molecule has 0 aliphatic carbocycles. The van der Waals surface area contributed by atoms with E-state index in [9.17, 15) is 9.59 Å². The summed E-state index contributed by atoms with van der Waals surface area (Å²) in [5.41, 5.74) is 0. The van der Waals surface area contributed by atoms with E-state index in [0.29, 0.717) is 6.54 Å². The fraction of sp³-hybridized carbons (Fsp3) is 0.857. The van der Waals surface area contributed by atoms with Gasteiger partial charge in [-0.15, -0.1) is 0 Å². The number of hydrogen-bond donors (Lipinski definition) is 3. The first-order chi connectivity index (χ1) is 8.99. The average molecular weight is 272 g/mol. The summed E-state index contributed by atoms with van der Waals surface area (Å²) in [6, 6.07) is -0.656. The number of nitrogens with one attached hydrogen (secondary N) is 2. The Morgan fingerprint density at radius 1 is 1.05 bits per heavy atom. The summed E-state index contributed by atoms with van der Waals surface area (Å²) in [7, 11) is 0. The molecule has 19 heavy (non-hydrogen) atoms. The van der Waals surface area contributed by atoms with Crippen LogP contribution in [0.5, 0.6) is 0 Å². The molecule has 2 amide bonds. The van der Waals surface area contributed by atoms with Crippen molar-refractivity contribution in [2.45, 2.75) is 65.3 Å². The first-order valence-electron chi connectivity index (χ1n) is 7.26. The van der Waals surface area contributed by atoms with E-state index >= 15 is 0 Å². The van der Waals surface area contributed by atoms with Crippen molar-refractivity contribution in [3.8, 4) is 0 Å². The number of carboxylic acids is 1. The third kappa shape index (κ3) is 9.33. The van der Waals surface area contributed by atoms with Gasteiger partial charge in [-0.2, -0.15) is 0 Å². The van der Waals surface area contributed by atoms with E-state index in [1.165, 1.54) is 25.7 Å². The van der Waals surface area contributed by atoms with Crippen molar-refractivity contribution < 1.29 is 14.7 Å². The van der Waals surface area contributed by atoms with Crippen LogP contribution in [0.4, 0.5) is 4.79 Å². The molecule has 0 saturated carbocycles. The van der Waals surface area contributed by atoms with Gasteiger partial charge in [0.05, 0.1) is 5.92 Å². The summed E-state index contributed by atoms with van der Waals surface area (Å²) in [6.45, 7) is 6.11. The highest BCUT2D eigenvalue weighted by molar-refractivity contribution is 5.76. The lowest BCUT2D eigenvalue weighted by atomic mass is 10.0. The van der Waals surface area contributed by atoms with Crippen molar-refractivity contribution in [2.75, 3.05) is 6.54 Å². The molecule has 0 bridgehead atoms. The summed E-state index contributed by atoms with van der Waals surface area (Å²) >= 11 is 0. The molecule has 0 fully saturated rings. The Labute approximate surface area is 116 Å². The van der Waals surface area contributed by atoms with Crippen molar-refractivity contribution in [2.24, 2.45) is 5.92 Å². The maximum absolute atomic E-state index is 11.5. The molecule has 2 atom stereocenters. The van der Waals surface area contributed by atoms with Gasteiger partial charge in [0, 0.05) is 12.6 Å². The predicted molar refractivity (Wildman–Crippen MR) is 76.2 cm³/mol. The van der Waals surface area contributed by atoms with Crippen LogP contribution in [0.15, 0.2) is 0 Å². The molecule has 0 aromatic heterocycles. The van der Waals surface area contributed by atoms with E-state index in [1.54, 1.807) is 13.8 Å². The van der Waals surface area contributed by atoms with Crippen molar-refractivity contribution in [1.82, 2.24) is 10.6 Å². The van der Waals surface area contributed by atoms with Crippen LogP contribution in [0.1, 0.15) is 59.3 Å². The van der Waals surface area contributed by atoms with Gasteiger partial charge >= 0.3 is 12.0 Å². The molecule has 0 aliphatic heterocycles. The number of carbonyl (C=O) groups is 2. The normalized spacial score (nSPS) is 13.6. The Bertz CT molecular complexity index is 269. The highest BCUT2D eigenvalue weighted by Crippen LogP contribution is 2.04. The van der Waals surface area contributed by atoms with Crippen LogP contribution < -0.4 is 10.6 Å². The van der Waals surface area contributed by atoms with E-state index in [4.69, 9.17) is 5.11 Å². The molecule has 112 valence electrons. The van der Waals surface area contributed by atoms with Gasteiger partial charge in [0.2, 0.25) is 0 Å². The zero-order valence-electron chi connectivity index (χ0n) is 12.4. The largest absolute Gasteiger partial charge is 0.481 e. The Hall–Kier alpha value is -1.26. The molecule has 5 heteroatoms. The predicted octanol–water partition coefficient (Wildman–Crippen LogP) is 2.76. The maximum Gasteiger partial charge on any atom is 0.315 e. The second-order valence-electron chi connectivity index (χ2n) is 5.08. The van der Waals surface area contributed by atoms with E-state index in [-0.39, 0.29) is 12.1 Å². The number of carbonyl (C=O) groups excluding carboxylic acids is 1. The molecule has 0 aromatic rings. The number of unbranched alkanes of at least 4 members (excludes halogenated alkanes) is 5. The molecule has 0 aliphatic rings. The van der Waals surface area contributed by atoms with Crippen molar-refractivity contribution in [3.05, 3.63) is 0 Å². The fourth-order valence-corrected chi connectivity index (χ4v) is 1.70. The van der Waals surface area contributed by atoms with Crippen molar-refractivity contribution >= 4 is 12.0 Å². The summed E-state index contributed by atoms with van der Waals surface area (Å²) in [6.07, 6.45) is 7.08. The van der Waals surface area contributed by atoms with Crippen LogP contribution >= 0.6 is 0 Å². The molecular formula is C14H28N2O3. The highest BCUT2D eigenvalue weighted by atomic mass is 16.4. The summed E-state index contributed by atoms with van der Waals surface area (Å²) in [5, 5.41) is 14.2. The Morgan fingerprint density at radius 2 is 1.63 bits per heavy atom. The minimum Gasteiger partial charge on any atom is -0.481 e. The molecular weight excluding hydrogens is 244 g/mol. The summed E-state index contributed by atoms with van der Waals surface area (Å²) < 4.78 is 0. The molecule has 0 radical (unpaired) electrons. The quantitative estimate of drug-likeness (QED) is 0.535. The van der Waals surface area contributed by atoms with Gasteiger partial charge in [0.1, 0.15) is 0 Å². The minimum absolute atomic E-state index is 0.283. The van der Waals surface area contributed by atoms with Gasteiger partial charge in [-0.05, 0) is 20.3 Å². The number of amides is 2. The second-order valence-corrected chi connectivity index (χ2v) is 5.08. The highest BCUT2D eigenvalue weighted by Gasteiger charge is 2.20. The van der Waals surface area contributed by atoms with E-state index < -0.39 is 11.9 Å². The van der Waals surface area contributed by atoms with Crippen LogP contribution in [-0.2, 0) is 4.79 Å². The van der Waals surface area contributed by atoms with Crippen LogP contribution in [0.2, 0.25) is 0 Å². The molecule has 0 heterocycles. The first-order valence-corrected chi connectivity index (χ1v) is 7.26. The minimum atomic E-state index is -0.899. The first kappa shape index (κ1) is 17.7. The molecule has 0 spiro atoms.